The molecule has 2 amide bonds. The van der Waals surface area contributed by atoms with Crippen LogP contribution in [-0.2, 0) is 41.8 Å². The molecule has 2 fully saturated rings. The van der Waals surface area contributed by atoms with Crippen LogP contribution in [0.5, 0.6) is 5.75 Å². The monoisotopic (exact) mass is 888 g/mol. The molecule has 13 nitrogen and oxygen atoms in total. The van der Waals surface area contributed by atoms with E-state index in [1.807, 2.05) is 11.1 Å². The van der Waals surface area contributed by atoms with Gasteiger partial charge in [0.05, 0.1) is 29.6 Å². The highest BCUT2D eigenvalue weighted by molar-refractivity contribution is 7.19. The van der Waals surface area contributed by atoms with E-state index < -0.39 is 0 Å². The second-order valence-electron chi connectivity index (χ2n) is 16.4. The second kappa shape index (κ2) is 18.2. The number of carbonyl (C=O) groups is 2. The fourth-order valence-corrected chi connectivity index (χ4v) is 11.9. The summed E-state index contributed by atoms with van der Waals surface area (Å²) in [4.78, 5) is 61.2. The summed E-state index contributed by atoms with van der Waals surface area (Å²) in [6.07, 6.45) is 10.9. The minimum Gasteiger partial charge on any atom is -0.491 e. The topological polar surface area (TPSA) is 132 Å². The first-order chi connectivity index (χ1) is 29.2. The number of ether oxygens (including phenoxy) is 1. The number of alkyl halides is 1. The molecule has 17 heteroatoms. The SMILES string of the molecule is CN1CCN(C(=O)C2CCc3c(sc4ncnc(Cl)c34)C2)CC1.CN1CCN(C(=O)C2CCc3c(sc4ncnc(Nc5cc6c(cc5OCCCCl)CN=C6)c34)C2)CC1. The molecule has 2 atom stereocenters. The van der Waals surface area contributed by atoms with Crippen LogP contribution >= 0.6 is 45.9 Å². The van der Waals surface area contributed by atoms with Crippen LogP contribution in [0.2, 0.25) is 5.15 Å². The van der Waals surface area contributed by atoms with Crippen molar-refractivity contribution in [1.82, 2.24) is 39.5 Å². The number of hydrogen-bond acceptors (Lipinski definition) is 13. The third kappa shape index (κ3) is 8.58. The first-order valence-corrected chi connectivity index (χ1v) is 23.5. The van der Waals surface area contributed by atoms with E-state index in [1.165, 1.54) is 27.2 Å². The van der Waals surface area contributed by atoms with Crippen molar-refractivity contribution in [2.24, 2.45) is 16.8 Å². The van der Waals surface area contributed by atoms with Crippen LogP contribution < -0.4 is 10.1 Å². The summed E-state index contributed by atoms with van der Waals surface area (Å²) in [6, 6.07) is 4.15. The molecule has 0 saturated carbocycles. The largest absolute Gasteiger partial charge is 0.491 e. The average Bonchev–Trinajstić information content (AvgIpc) is 3.99. The molecule has 316 valence electrons. The number of aryl methyl sites for hydroxylation is 2. The summed E-state index contributed by atoms with van der Waals surface area (Å²) in [5, 5.41) is 6.16. The quantitative estimate of drug-likeness (QED) is 0.105. The van der Waals surface area contributed by atoms with Crippen molar-refractivity contribution < 1.29 is 14.3 Å². The summed E-state index contributed by atoms with van der Waals surface area (Å²) in [5.74, 6) is 2.89. The third-order valence-corrected chi connectivity index (χ3v) is 15.4. The number of halogens is 2. The van der Waals surface area contributed by atoms with Gasteiger partial charge in [0.15, 0.2) is 0 Å². The van der Waals surface area contributed by atoms with Crippen molar-refractivity contribution >= 4 is 95.8 Å². The van der Waals surface area contributed by atoms with E-state index >= 15 is 0 Å². The Labute approximate surface area is 368 Å². The Morgan fingerprint density at radius 2 is 1.38 bits per heavy atom. The number of carbonyl (C=O) groups excluding carboxylic acids is 2. The average molecular weight is 890 g/mol. The van der Waals surface area contributed by atoms with Crippen molar-refractivity contribution in [1.29, 1.82) is 0 Å². The van der Waals surface area contributed by atoms with Gasteiger partial charge in [-0.1, -0.05) is 11.6 Å². The summed E-state index contributed by atoms with van der Waals surface area (Å²) in [7, 11) is 4.22. The van der Waals surface area contributed by atoms with Crippen LogP contribution in [0.3, 0.4) is 0 Å². The van der Waals surface area contributed by atoms with Gasteiger partial charge < -0.3 is 29.7 Å². The van der Waals surface area contributed by atoms with E-state index in [0.29, 0.717) is 36.0 Å². The number of rotatable bonds is 8. The number of piperazine rings is 2. The van der Waals surface area contributed by atoms with Crippen LogP contribution in [0, 0.1) is 11.8 Å². The number of aliphatic imine (C=N–C) groups is 1. The predicted molar refractivity (Wildman–Crippen MR) is 241 cm³/mol. The summed E-state index contributed by atoms with van der Waals surface area (Å²) in [5.41, 5.74) is 5.65. The standard InChI is InChI=1S/C27H31ClN6O2S.C16H19ClN4OS/c1-33-6-8-34(9-7-33)27(35)17-3-4-20-23(13-17)37-26-24(20)25(30-16-31-26)32-21-11-18-14-29-15-19(18)12-22(21)36-10-2-5-28;1-20-4-6-21(7-5-20)16(22)10-2-3-11-12(8-10)23-15-13(11)14(17)18-9-19-15/h11-12,14,16-17H,2-10,13,15H2,1H3,(H,30,31,32);9-10H,2-8H2,1H3. The minimum atomic E-state index is 0.0475. The van der Waals surface area contributed by atoms with Crippen LogP contribution in [0.15, 0.2) is 29.8 Å². The zero-order valence-electron chi connectivity index (χ0n) is 34.1. The lowest BCUT2D eigenvalue weighted by molar-refractivity contribution is -0.138. The molecule has 5 aliphatic rings. The molecule has 2 unspecified atom stereocenters. The van der Waals surface area contributed by atoms with Crippen molar-refractivity contribution in [3.05, 3.63) is 61.9 Å². The number of fused-ring (bicyclic) bond motifs is 7. The van der Waals surface area contributed by atoms with E-state index in [2.05, 4.69) is 71.2 Å². The molecule has 0 spiro atoms. The molecule has 5 aromatic rings. The Kier molecular flexibility index (Phi) is 12.5. The smallest absolute Gasteiger partial charge is 0.226 e. The summed E-state index contributed by atoms with van der Waals surface area (Å²) in [6.45, 7) is 8.41. The lowest BCUT2D eigenvalue weighted by atomic mass is 9.86. The maximum Gasteiger partial charge on any atom is 0.226 e. The molecule has 1 aromatic carbocycles. The molecular weight excluding hydrogens is 840 g/mol. The highest BCUT2D eigenvalue weighted by Gasteiger charge is 2.34. The first kappa shape index (κ1) is 41.4. The second-order valence-corrected chi connectivity index (χ2v) is 19.3. The number of benzene rings is 1. The zero-order chi connectivity index (χ0) is 41.3. The van der Waals surface area contributed by atoms with Crippen LogP contribution in [0.1, 0.15) is 51.3 Å². The van der Waals surface area contributed by atoms with Gasteiger partial charge in [0.25, 0.3) is 0 Å². The maximum atomic E-state index is 13.3. The van der Waals surface area contributed by atoms with Gasteiger partial charge >= 0.3 is 0 Å². The molecule has 4 aromatic heterocycles. The molecular formula is C43H50Cl2N10O3S2. The highest BCUT2D eigenvalue weighted by Crippen LogP contribution is 2.43. The van der Waals surface area contributed by atoms with E-state index in [1.54, 1.807) is 29.0 Å². The molecule has 3 aliphatic heterocycles. The van der Waals surface area contributed by atoms with Gasteiger partial charge in [-0.25, -0.2) is 19.9 Å². The lowest BCUT2D eigenvalue weighted by Gasteiger charge is -2.35. The first-order valence-electron chi connectivity index (χ1n) is 21.0. The van der Waals surface area contributed by atoms with Crippen molar-refractivity contribution in [3.63, 3.8) is 0 Å². The number of amides is 2. The third-order valence-electron chi connectivity index (χ3n) is 12.5. The summed E-state index contributed by atoms with van der Waals surface area (Å²) < 4.78 is 6.10. The molecule has 7 heterocycles. The van der Waals surface area contributed by atoms with Crippen molar-refractivity contribution in [2.75, 3.05) is 84.3 Å². The number of anilines is 2. The van der Waals surface area contributed by atoms with Crippen molar-refractivity contribution in [3.8, 4) is 5.75 Å². The van der Waals surface area contributed by atoms with E-state index in [9.17, 15) is 9.59 Å². The fourth-order valence-electron chi connectivity index (χ4n) is 8.99. The Morgan fingerprint density at radius 1 is 0.800 bits per heavy atom. The van der Waals surface area contributed by atoms with Gasteiger partial charge in [-0.3, -0.25) is 14.6 Å². The summed E-state index contributed by atoms with van der Waals surface area (Å²) >= 11 is 15.5. The van der Waals surface area contributed by atoms with E-state index in [-0.39, 0.29) is 11.8 Å². The normalized spacial score (nSPS) is 20.4. The van der Waals surface area contributed by atoms with E-state index in [0.717, 1.165) is 146 Å². The molecule has 10 rings (SSSR count). The van der Waals surface area contributed by atoms with Crippen LogP contribution in [0.25, 0.3) is 20.4 Å². The molecule has 1 N–H and O–H groups in total. The lowest BCUT2D eigenvalue weighted by Crippen LogP contribution is -2.49. The molecule has 0 radical (unpaired) electrons. The number of nitrogens with zero attached hydrogens (tertiary/aromatic N) is 9. The van der Waals surface area contributed by atoms with Crippen LogP contribution in [0.4, 0.5) is 11.5 Å². The molecule has 60 heavy (non-hydrogen) atoms. The molecule has 0 bridgehead atoms. The minimum absolute atomic E-state index is 0.0475. The van der Waals surface area contributed by atoms with Gasteiger partial charge in [-0.05, 0) is 93.4 Å². The van der Waals surface area contributed by atoms with Gasteiger partial charge in [0.2, 0.25) is 11.8 Å². The van der Waals surface area contributed by atoms with Gasteiger partial charge in [0, 0.05) is 86.0 Å². The predicted octanol–water partition coefficient (Wildman–Crippen LogP) is 6.48. The Hall–Kier alpha value is -3.99. The number of thiophene rings is 2. The Balaban J connectivity index is 0.000000172. The Morgan fingerprint density at radius 3 is 2.00 bits per heavy atom. The highest BCUT2D eigenvalue weighted by atomic mass is 35.5. The van der Waals surface area contributed by atoms with Gasteiger partial charge in [-0.15, -0.1) is 34.3 Å². The van der Waals surface area contributed by atoms with Gasteiger partial charge in [0.1, 0.15) is 39.0 Å². The number of nitrogens with one attached hydrogen (secondary N) is 1. The van der Waals surface area contributed by atoms with Gasteiger partial charge in [-0.2, -0.15) is 0 Å². The zero-order valence-corrected chi connectivity index (χ0v) is 37.2. The molecule has 2 aliphatic carbocycles. The number of hydrogen-bond donors (Lipinski definition) is 1. The van der Waals surface area contributed by atoms with E-state index in [4.69, 9.17) is 27.9 Å². The maximum absolute atomic E-state index is 13.3. The van der Waals surface area contributed by atoms with Crippen molar-refractivity contribution in [2.45, 2.75) is 51.5 Å². The molecule has 2 saturated heterocycles. The number of aromatic nitrogens is 4. The Bertz CT molecular complexity index is 2420. The fraction of sp³-hybridized carbons (Fsp3) is 0.512. The van der Waals surface area contributed by atoms with Crippen LogP contribution in [-0.4, -0.2) is 137 Å². The number of likely N-dealkylation sites (N-methyl/N-ethyl adjacent to an activating group) is 2.